The largest absolute Gasteiger partial charge is 0.481 e. The Morgan fingerprint density at radius 2 is 1.90 bits per heavy atom. The molecular weight excluding hydrogens is 274 g/mol. The van der Waals surface area contributed by atoms with Crippen LogP contribution in [0, 0.1) is 5.92 Å². The fourth-order valence-corrected chi connectivity index (χ4v) is 2.12. The van der Waals surface area contributed by atoms with E-state index in [-0.39, 0.29) is 13.2 Å². The lowest BCUT2D eigenvalue weighted by Gasteiger charge is -2.17. The van der Waals surface area contributed by atoms with Gasteiger partial charge in [0.15, 0.2) is 0 Å². The molecule has 1 aliphatic rings. The van der Waals surface area contributed by atoms with Crippen LogP contribution in [0.15, 0.2) is 24.3 Å². The lowest BCUT2D eigenvalue weighted by atomic mass is 10.0. The Kier molecular flexibility index (Phi) is 4.64. The fraction of sp³-hybridized carbons (Fsp3) is 0.429. The van der Waals surface area contributed by atoms with Crippen LogP contribution in [-0.4, -0.2) is 50.5 Å². The molecule has 0 aliphatic carbocycles. The van der Waals surface area contributed by atoms with Gasteiger partial charge in [-0.05, 0) is 24.3 Å². The monoisotopic (exact) mass is 293 g/mol. The lowest BCUT2D eigenvalue weighted by Crippen LogP contribution is -2.44. The minimum atomic E-state index is -0.965. The number of anilines is 2. The van der Waals surface area contributed by atoms with Gasteiger partial charge in [-0.1, -0.05) is 0 Å². The van der Waals surface area contributed by atoms with E-state index in [2.05, 4.69) is 10.6 Å². The number of rotatable bonds is 4. The van der Waals surface area contributed by atoms with Gasteiger partial charge in [0.25, 0.3) is 0 Å². The van der Waals surface area contributed by atoms with Gasteiger partial charge in [-0.25, -0.2) is 4.79 Å². The number of aliphatic carboxylic acids is 1. The average Bonchev–Trinajstić information content (AvgIpc) is 2.87. The topological polar surface area (TPSA) is 90.9 Å². The molecule has 2 amide bonds. The van der Waals surface area contributed by atoms with Crippen molar-refractivity contribution in [2.75, 3.05) is 37.5 Å². The maximum absolute atomic E-state index is 11.9. The highest BCUT2D eigenvalue weighted by atomic mass is 16.5. The van der Waals surface area contributed by atoms with Crippen LogP contribution >= 0.6 is 0 Å². The summed E-state index contributed by atoms with van der Waals surface area (Å²) < 4.78 is 5.10. The number of amides is 2. The van der Waals surface area contributed by atoms with E-state index in [1.54, 1.807) is 12.1 Å². The molecule has 1 aliphatic heterocycles. The Bertz CT molecular complexity index is 515. The van der Waals surface area contributed by atoms with Gasteiger partial charge in [0.1, 0.15) is 5.92 Å². The van der Waals surface area contributed by atoms with Crippen molar-refractivity contribution in [3.8, 4) is 0 Å². The smallest absolute Gasteiger partial charge is 0.319 e. The SMILES string of the molecule is CN(C)c1ccc(NC(=O)NC2COCC2C(=O)O)cc1. The molecule has 2 atom stereocenters. The van der Waals surface area contributed by atoms with E-state index in [9.17, 15) is 9.59 Å². The van der Waals surface area contributed by atoms with Gasteiger partial charge >= 0.3 is 12.0 Å². The highest BCUT2D eigenvalue weighted by Gasteiger charge is 2.35. The molecule has 7 heteroatoms. The van der Waals surface area contributed by atoms with E-state index < -0.39 is 24.0 Å². The second-order valence-electron chi connectivity index (χ2n) is 5.13. The van der Waals surface area contributed by atoms with Crippen LogP contribution in [0.5, 0.6) is 0 Å². The molecule has 114 valence electrons. The van der Waals surface area contributed by atoms with Crippen LogP contribution in [0.4, 0.5) is 16.2 Å². The lowest BCUT2D eigenvalue weighted by molar-refractivity contribution is -0.142. The molecule has 21 heavy (non-hydrogen) atoms. The first kappa shape index (κ1) is 15.1. The third-order valence-electron chi connectivity index (χ3n) is 3.36. The zero-order valence-corrected chi connectivity index (χ0v) is 12.0. The molecule has 2 unspecified atom stereocenters. The molecule has 1 aromatic carbocycles. The first-order chi connectivity index (χ1) is 9.97. The van der Waals surface area contributed by atoms with Crippen molar-refractivity contribution in [1.29, 1.82) is 0 Å². The van der Waals surface area contributed by atoms with E-state index in [1.165, 1.54) is 0 Å². The van der Waals surface area contributed by atoms with E-state index >= 15 is 0 Å². The molecule has 0 bridgehead atoms. The Morgan fingerprint density at radius 3 is 2.48 bits per heavy atom. The van der Waals surface area contributed by atoms with Crippen molar-refractivity contribution >= 4 is 23.4 Å². The van der Waals surface area contributed by atoms with Crippen LogP contribution in [0.2, 0.25) is 0 Å². The van der Waals surface area contributed by atoms with Gasteiger partial charge < -0.3 is 25.4 Å². The van der Waals surface area contributed by atoms with Crippen molar-refractivity contribution in [3.63, 3.8) is 0 Å². The zero-order valence-electron chi connectivity index (χ0n) is 12.0. The number of hydrogen-bond donors (Lipinski definition) is 3. The Labute approximate surface area is 122 Å². The highest BCUT2D eigenvalue weighted by Crippen LogP contribution is 2.17. The normalized spacial score (nSPS) is 20.9. The van der Waals surface area contributed by atoms with E-state index in [4.69, 9.17) is 9.84 Å². The third-order valence-corrected chi connectivity index (χ3v) is 3.36. The summed E-state index contributed by atoms with van der Waals surface area (Å²) in [5.41, 5.74) is 1.67. The molecule has 0 aromatic heterocycles. The minimum absolute atomic E-state index is 0.123. The van der Waals surface area contributed by atoms with Crippen LogP contribution in [0.1, 0.15) is 0 Å². The molecular formula is C14H19N3O4. The summed E-state index contributed by atoms with van der Waals surface area (Å²) in [6.45, 7) is 0.335. The predicted octanol–water partition coefficient (Wildman–Crippen LogP) is 0.974. The first-order valence-corrected chi connectivity index (χ1v) is 6.63. The van der Waals surface area contributed by atoms with Gasteiger partial charge in [0.05, 0.1) is 19.3 Å². The summed E-state index contributed by atoms with van der Waals surface area (Å²) in [5, 5.41) is 14.3. The van der Waals surface area contributed by atoms with Gasteiger partial charge in [0.2, 0.25) is 0 Å². The van der Waals surface area contributed by atoms with E-state index in [0.29, 0.717) is 5.69 Å². The van der Waals surface area contributed by atoms with Gasteiger partial charge in [-0.15, -0.1) is 0 Å². The van der Waals surface area contributed by atoms with Crippen molar-refractivity contribution in [1.82, 2.24) is 5.32 Å². The quantitative estimate of drug-likeness (QED) is 0.769. The van der Waals surface area contributed by atoms with E-state index in [1.807, 2.05) is 31.1 Å². The number of carbonyl (C=O) groups excluding carboxylic acids is 1. The Morgan fingerprint density at radius 1 is 1.24 bits per heavy atom. The molecule has 1 aromatic rings. The van der Waals surface area contributed by atoms with Crippen LogP contribution in [0.3, 0.4) is 0 Å². The second-order valence-corrected chi connectivity index (χ2v) is 5.13. The zero-order chi connectivity index (χ0) is 15.4. The highest BCUT2D eigenvalue weighted by molar-refractivity contribution is 5.90. The third kappa shape index (κ3) is 3.85. The summed E-state index contributed by atoms with van der Waals surface area (Å²) in [6.07, 6.45) is 0. The summed E-state index contributed by atoms with van der Waals surface area (Å²) in [6, 6.07) is 6.39. The summed E-state index contributed by atoms with van der Waals surface area (Å²) in [4.78, 5) is 24.8. The number of nitrogens with zero attached hydrogens (tertiary/aromatic N) is 1. The molecule has 0 radical (unpaired) electrons. The maximum Gasteiger partial charge on any atom is 0.319 e. The number of carbonyl (C=O) groups is 2. The molecule has 0 spiro atoms. The summed E-state index contributed by atoms with van der Waals surface area (Å²) >= 11 is 0. The van der Waals surface area contributed by atoms with E-state index in [0.717, 1.165) is 5.69 Å². The minimum Gasteiger partial charge on any atom is -0.481 e. The number of carboxylic acids is 1. The second kappa shape index (κ2) is 6.45. The number of carboxylic acid groups (broad SMARTS) is 1. The fourth-order valence-electron chi connectivity index (χ4n) is 2.12. The van der Waals surface area contributed by atoms with Crippen molar-refractivity contribution in [2.24, 2.45) is 5.92 Å². The molecule has 3 N–H and O–H groups in total. The molecule has 1 fully saturated rings. The van der Waals surface area contributed by atoms with Gasteiger partial charge in [0, 0.05) is 25.5 Å². The molecule has 0 saturated carbocycles. The first-order valence-electron chi connectivity index (χ1n) is 6.63. The van der Waals surface area contributed by atoms with Gasteiger partial charge in [-0.3, -0.25) is 4.79 Å². The molecule has 1 heterocycles. The predicted molar refractivity (Wildman–Crippen MR) is 78.7 cm³/mol. The van der Waals surface area contributed by atoms with Crippen LogP contribution in [-0.2, 0) is 9.53 Å². The average molecular weight is 293 g/mol. The summed E-state index contributed by atoms with van der Waals surface area (Å²) in [7, 11) is 3.86. The summed E-state index contributed by atoms with van der Waals surface area (Å²) in [5.74, 6) is -1.67. The maximum atomic E-state index is 11.9. The Hall–Kier alpha value is -2.28. The van der Waals surface area contributed by atoms with Crippen LogP contribution < -0.4 is 15.5 Å². The van der Waals surface area contributed by atoms with Crippen molar-refractivity contribution in [3.05, 3.63) is 24.3 Å². The number of urea groups is 1. The number of ether oxygens (including phenoxy) is 1. The van der Waals surface area contributed by atoms with Crippen LogP contribution in [0.25, 0.3) is 0 Å². The Balaban J connectivity index is 1.91. The number of nitrogens with one attached hydrogen (secondary N) is 2. The molecule has 1 saturated heterocycles. The molecule has 7 nitrogen and oxygen atoms in total. The number of benzene rings is 1. The van der Waals surface area contributed by atoms with Crippen molar-refractivity contribution < 1.29 is 19.4 Å². The number of hydrogen-bond acceptors (Lipinski definition) is 4. The standard InChI is InChI=1S/C14H19N3O4/c1-17(2)10-5-3-9(4-6-10)15-14(20)16-12-8-21-7-11(12)13(18)19/h3-6,11-12H,7-8H2,1-2H3,(H,18,19)(H2,15,16,20). The molecule has 2 rings (SSSR count). The van der Waals surface area contributed by atoms with Crippen molar-refractivity contribution in [2.45, 2.75) is 6.04 Å². The van der Waals surface area contributed by atoms with Gasteiger partial charge in [-0.2, -0.15) is 0 Å².